The highest BCUT2D eigenvalue weighted by Crippen LogP contribution is 2.16. The highest BCUT2D eigenvalue weighted by molar-refractivity contribution is 5.10. The van der Waals surface area contributed by atoms with E-state index in [1.54, 1.807) is 0 Å². The van der Waals surface area contributed by atoms with Gasteiger partial charge in [0, 0.05) is 5.69 Å². The van der Waals surface area contributed by atoms with Crippen LogP contribution in [0.2, 0.25) is 0 Å². The van der Waals surface area contributed by atoms with Crippen LogP contribution < -0.4 is 0 Å². The van der Waals surface area contributed by atoms with Gasteiger partial charge in [0.15, 0.2) is 0 Å². The van der Waals surface area contributed by atoms with E-state index in [0.29, 0.717) is 0 Å². The molecular formula is C12H24N2. The molecule has 2 heteroatoms. The van der Waals surface area contributed by atoms with Crippen molar-refractivity contribution in [2.24, 2.45) is 0 Å². The molecule has 0 aliphatic carbocycles. The van der Waals surface area contributed by atoms with Crippen LogP contribution in [-0.4, -0.2) is 9.78 Å². The monoisotopic (exact) mass is 196 g/mol. The van der Waals surface area contributed by atoms with E-state index >= 15 is 0 Å². The Balaban J connectivity index is 0.000000791. The topological polar surface area (TPSA) is 17.8 Å². The summed E-state index contributed by atoms with van der Waals surface area (Å²) in [6, 6.07) is 2.16. The van der Waals surface area contributed by atoms with E-state index in [4.69, 9.17) is 0 Å². The quantitative estimate of drug-likeness (QED) is 0.672. The molecule has 0 aliphatic rings. The summed E-state index contributed by atoms with van der Waals surface area (Å²) in [6.45, 7) is 14.8. The zero-order chi connectivity index (χ0) is 11.4. The molecule has 2 nitrogen and oxygen atoms in total. The van der Waals surface area contributed by atoms with Gasteiger partial charge in [-0.3, -0.25) is 4.68 Å². The molecule has 0 N–H and O–H groups in total. The summed E-state index contributed by atoms with van der Waals surface area (Å²) in [5.41, 5.74) is 2.54. The van der Waals surface area contributed by atoms with E-state index < -0.39 is 0 Å². The van der Waals surface area contributed by atoms with E-state index in [2.05, 4.69) is 50.5 Å². The van der Waals surface area contributed by atoms with E-state index in [0.717, 1.165) is 6.42 Å². The van der Waals surface area contributed by atoms with Crippen molar-refractivity contribution >= 4 is 0 Å². The fourth-order valence-electron chi connectivity index (χ4n) is 1.39. The Morgan fingerprint density at radius 1 is 1.29 bits per heavy atom. The van der Waals surface area contributed by atoms with Crippen LogP contribution in [-0.2, 0) is 12.0 Å². The van der Waals surface area contributed by atoms with Gasteiger partial charge >= 0.3 is 0 Å². The lowest BCUT2D eigenvalue weighted by Crippen LogP contribution is -2.24. The van der Waals surface area contributed by atoms with Crippen molar-refractivity contribution in [3.05, 3.63) is 17.5 Å². The van der Waals surface area contributed by atoms with Crippen LogP contribution >= 0.6 is 0 Å². The average Bonchev–Trinajstić information content (AvgIpc) is 2.49. The predicted octanol–water partition coefficient (Wildman–Crippen LogP) is 3.54. The first-order valence-corrected chi connectivity index (χ1v) is 5.51. The van der Waals surface area contributed by atoms with E-state index in [9.17, 15) is 0 Å². The van der Waals surface area contributed by atoms with Crippen LogP contribution in [0.3, 0.4) is 0 Å². The Hall–Kier alpha value is -0.790. The molecule has 1 aromatic heterocycles. The van der Waals surface area contributed by atoms with Gasteiger partial charge < -0.3 is 0 Å². The van der Waals surface area contributed by atoms with Gasteiger partial charge in [-0.1, -0.05) is 20.8 Å². The average molecular weight is 196 g/mol. The summed E-state index contributed by atoms with van der Waals surface area (Å²) >= 11 is 0. The molecule has 0 aliphatic heterocycles. The van der Waals surface area contributed by atoms with Crippen molar-refractivity contribution in [1.82, 2.24) is 9.78 Å². The lowest BCUT2D eigenvalue weighted by Gasteiger charge is -2.21. The first kappa shape index (κ1) is 13.2. The third kappa shape index (κ3) is 3.17. The lowest BCUT2D eigenvalue weighted by molar-refractivity contribution is 0.346. The maximum absolute atomic E-state index is 4.52. The van der Waals surface area contributed by atoms with Crippen LogP contribution in [0.4, 0.5) is 0 Å². The van der Waals surface area contributed by atoms with E-state index in [1.165, 1.54) is 11.4 Å². The van der Waals surface area contributed by atoms with Gasteiger partial charge in [-0.05, 0) is 40.2 Å². The van der Waals surface area contributed by atoms with Gasteiger partial charge in [-0.2, -0.15) is 5.10 Å². The van der Waals surface area contributed by atoms with Gasteiger partial charge in [0.1, 0.15) is 0 Å². The summed E-state index contributed by atoms with van der Waals surface area (Å²) in [4.78, 5) is 0. The van der Waals surface area contributed by atoms with Crippen molar-refractivity contribution in [2.45, 2.75) is 60.4 Å². The summed E-state index contributed by atoms with van der Waals surface area (Å²) in [5.74, 6) is 0. The number of hydrogen-bond donors (Lipinski definition) is 0. The Morgan fingerprint density at radius 3 is 2.00 bits per heavy atom. The highest BCUT2D eigenvalue weighted by Gasteiger charge is 2.16. The molecule has 1 heterocycles. The first-order valence-electron chi connectivity index (χ1n) is 5.51. The molecule has 0 saturated carbocycles. The lowest BCUT2D eigenvalue weighted by atomic mass is 10.1. The summed E-state index contributed by atoms with van der Waals surface area (Å²) in [5, 5.41) is 4.52. The van der Waals surface area contributed by atoms with Crippen molar-refractivity contribution in [3.8, 4) is 0 Å². The number of aryl methyl sites for hydroxylation is 2. The fourth-order valence-corrected chi connectivity index (χ4v) is 1.39. The number of aromatic nitrogens is 2. The minimum Gasteiger partial charge on any atom is -0.264 e. The van der Waals surface area contributed by atoms with Gasteiger partial charge in [0.25, 0.3) is 0 Å². The van der Waals surface area contributed by atoms with E-state index in [-0.39, 0.29) is 5.54 Å². The van der Waals surface area contributed by atoms with E-state index in [1.807, 2.05) is 13.8 Å². The third-order valence-corrected chi connectivity index (χ3v) is 1.94. The molecule has 1 aromatic rings. The summed E-state index contributed by atoms with van der Waals surface area (Å²) in [7, 11) is 0. The molecule has 0 spiro atoms. The summed E-state index contributed by atoms with van der Waals surface area (Å²) < 4.78 is 2.09. The summed E-state index contributed by atoms with van der Waals surface area (Å²) in [6.07, 6.45) is 1.02. The third-order valence-electron chi connectivity index (χ3n) is 1.94. The van der Waals surface area contributed by atoms with Gasteiger partial charge in [-0.15, -0.1) is 0 Å². The highest BCUT2D eigenvalue weighted by atomic mass is 15.3. The molecule has 0 unspecified atom stereocenters. The molecule has 82 valence electrons. The molecule has 0 aromatic carbocycles. The molecule has 0 saturated heterocycles. The van der Waals surface area contributed by atoms with Gasteiger partial charge in [0.2, 0.25) is 0 Å². The van der Waals surface area contributed by atoms with Crippen LogP contribution in [0.1, 0.15) is 52.9 Å². The molecule has 0 bridgehead atoms. The van der Waals surface area contributed by atoms with Gasteiger partial charge in [-0.25, -0.2) is 0 Å². The predicted molar refractivity (Wildman–Crippen MR) is 62.7 cm³/mol. The second-order valence-electron chi connectivity index (χ2n) is 4.21. The minimum absolute atomic E-state index is 0.109. The second kappa shape index (κ2) is 5.18. The molecule has 14 heavy (non-hydrogen) atoms. The van der Waals surface area contributed by atoms with Crippen molar-refractivity contribution < 1.29 is 0 Å². The van der Waals surface area contributed by atoms with Gasteiger partial charge in [0.05, 0.1) is 11.2 Å². The normalized spacial score (nSPS) is 10.8. The number of rotatable bonds is 1. The number of hydrogen-bond acceptors (Lipinski definition) is 1. The van der Waals surface area contributed by atoms with Crippen molar-refractivity contribution in [3.63, 3.8) is 0 Å². The molecule has 1 rings (SSSR count). The molecular weight excluding hydrogens is 172 g/mol. The van der Waals surface area contributed by atoms with Crippen molar-refractivity contribution in [2.75, 3.05) is 0 Å². The first-order chi connectivity index (χ1) is 6.45. The number of nitrogens with zero attached hydrogens (tertiary/aromatic N) is 2. The Labute approximate surface area is 88.3 Å². The molecule has 0 amide bonds. The Bertz CT molecular complexity index is 266. The van der Waals surface area contributed by atoms with Crippen LogP contribution in [0.5, 0.6) is 0 Å². The minimum atomic E-state index is 0.109. The van der Waals surface area contributed by atoms with Crippen LogP contribution in [0.25, 0.3) is 0 Å². The second-order valence-corrected chi connectivity index (χ2v) is 4.21. The standard InChI is InChI=1S/C10H18N2.C2H6/c1-6-9-7-8(2)12(11-9)10(3,4)5;1-2/h7H,6H2,1-5H3;1-2H3. The maximum atomic E-state index is 4.52. The Morgan fingerprint density at radius 2 is 1.79 bits per heavy atom. The smallest absolute Gasteiger partial charge is 0.0624 e. The molecule has 0 radical (unpaired) electrons. The Kier molecular flexibility index (Phi) is 4.89. The SMILES string of the molecule is CC.CCc1cc(C)n(C(C)(C)C)n1. The fraction of sp³-hybridized carbons (Fsp3) is 0.750. The zero-order valence-corrected chi connectivity index (χ0v) is 10.7. The molecule has 0 atom stereocenters. The maximum Gasteiger partial charge on any atom is 0.0624 e. The van der Waals surface area contributed by atoms with Crippen LogP contribution in [0, 0.1) is 6.92 Å². The zero-order valence-electron chi connectivity index (χ0n) is 10.7. The largest absolute Gasteiger partial charge is 0.264 e. The molecule has 0 fully saturated rings. The van der Waals surface area contributed by atoms with Crippen LogP contribution in [0.15, 0.2) is 6.07 Å². The van der Waals surface area contributed by atoms with Crippen molar-refractivity contribution in [1.29, 1.82) is 0 Å².